The molecule has 2 heterocycles. The summed E-state index contributed by atoms with van der Waals surface area (Å²) in [5.74, 6) is 9.22. The molecule has 0 spiro atoms. The summed E-state index contributed by atoms with van der Waals surface area (Å²) in [6.07, 6.45) is 102. The minimum absolute atomic E-state index is 0.628. The molecule has 0 fully saturated rings. The van der Waals surface area contributed by atoms with Crippen LogP contribution in [0.1, 0.15) is 569 Å². The molecule has 0 amide bonds. The summed E-state index contributed by atoms with van der Waals surface area (Å²) in [4.78, 5) is 0. The highest BCUT2D eigenvalue weighted by molar-refractivity contribution is 5.80. The number of hydrogen-bond acceptors (Lipinski definition) is 8. The summed E-state index contributed by atoms with van der Waals surface area (Å²) in [5, 5.41) is 0. The van der Waals surface area contributed by atoms with Gasteiger partial charge in [0.15, 0.2) is 46.0 Å². The Morgan fingerprint density at radius 2 is 0.233 bits per heavy atom. The van der Waals surface area contributed by atoms with Crippen LogP contribution in [-0.4, -0.2) is 52.9 Å². The lowest BCUT2D eigenvalue weighted by molar-refractivity contribution is 0.258. The van der Waals surface area contributed by atoms with Gasteiger partial charge in [0, 0.05) is 35.4 Å². The highest BCUT2D eigenvalue weighted by Crippen LogP contribution is 2.44. The zero-order chi connectivity index (χ0) is 103. The van der Waals surface area contributed by atoms with Crippen molar-refractivity contribution >= 4 is 0 Å². The van der Waals surface area contributed by atoms with Crippen molar-refractivity contribution in [2.45, 2.75) is 569 Å². The van der Waals surface area contributed by atoms with Crippen LogP contribution in [0.15, 0.2) is 130 Å². The first-order valence-corrected chi connectivity index (χ1v) is 63.0. The molecule has 7 aromatic rings. The third kappa shape index (κ3) is 59.0. The first-order chi connectivity index (χ1) is 72.3. The molecule has 10 heteroatoms. The van der Waals surface area contributed by atoms with Crippen molar-refractivity contribution in [3.8, 4) is 114 Å². The fourth-order valence-electron chi connectivity index (χ4n) is 20.5. The molecular formula is C136H220O10+2. The van der Waals surface area contributed by atoms with E-state index in [0.717, 1.165) is 191 Å². The summed E-state index contributed by atoms with van der Waals surface area (Å²) in [6, 6.07) is 44.1. The Morgan fingerprint density at radius 3 is 0.370 bits per heavy atom. The first kappa shape index (κ1) is 126. The molecule has 0 unspecified atom stereocenters. The molecule has 146 heavy (non-hydrogen) atoms. The van der Waals surface area contributed by atoms with Crippen LogP contribution in [0.25, 0.3) is 67.5 Å². The quantitative estimate of drug-likeness (QED) is 0.0271. The van der Waals surface area contributed by atoms with Crippen molar-refractivity contribution in [1.29, 1.82) is 0 Å². The van der Waals surface area contributed by atoms with E-state index in [1.807, 2.05) is 0 Å². The fraction of sp³-hybridized carbons (Fsp3) is 0.706. The van der Waals surface area contributed by atoms with Crippen LogP contribution >= 0.6 is 0 Å². The van der Waals surface area contributed by atoms with Gasteiger partial charge in [-0.3, -0.25) is 0 Å². The summed E-state index contributed by atoms with van der Waals surface area (Å²) in [7, 11) is 0. The molecule has 2 aromatic heterocycles. The van der Waals surface area contributed by atoms with Crippen LogP contribution in [0.2, 0.25) is 0 Å². The van der Waals surface area contributed by atoms with Gasteiger partial charge in [-0.25, -0.2) is 8.83 Å². The first-order valence-electron chi connectivity index (χ1n) is 63.0. The van der Waals surface area contributed by atoms with Crippen molar-refractivity contribution in [2.75, 3.05) is 52.9 Å². The molecule has 0 saturated heterocycles. The van der Waals surface area contributed by atoms with Crippen molar-refractivity contribution in [3.05, 3.63) is 121 Å². The van der Waals surface area contributed by atoms with Crippen molar-refractivity contribution in [3.63, 3.8) is 0 Å². The van der Waals surface area contributed by atoms with Crippen LogP contribution in [0, 0.1) is 0 Å². The zero-order valence-corrected chi connectivity index (χ0v) is 95.9. The summed E-state index contributed by atoms with van der Waals surface area (Å²) in [6.45, 7) is 23.6. The van der Waals surface area contributed by atoms with Gasteiger partial charge in [-0.1, -0.05) is 542 Å². The molecule has 0 aliphatic rings. The molecular weight excluding hydrogens is 1790 g/mol. The highest BCUT2D eigenvalue weighted by atomic mass is 16.5. The van der Waals surface area contributed by atoms with E-state index in [2.05, 4.69) is 177 Å². The minimum atomic E-state index is 0.628. The van der Waals surface area contributed by atoms with Crippen LogP contribution in [0.3, 0.4) is 0 Å². The Morgan fingerprint density at radius 1 is 0.116 bits per heavy atom. The lowest BCUT2D eigenvalue weighted by atomic mass is 9.97. The molecule has 0 bridgehead atoms. The predicted molar refractivity (Wildman–Crippen MR) is 631 cm³/mol. The van der Waals surface area contributed by atoms with Gasteiger partial charge < -0.3 is 37.9 Å². The van der Waals surface area contributed by atoms with E-state index < -0.39 is 0 Å². The molecule has 10 nitrogen and oxygen atoms in total. The van der Waals surface area contributed by atoms with Gasteiger partial charge in [0.25, 0.3) is 0 Å². The van der Waals surface area contributed by atoms with Gasteiger partial charge in [0.1, 0.15) is 0 Å². The lowest BCUT2D eigenvalue weighted by Crippen LogP contribution is -2.03. The second-order valence-electron chi connectivity index (χ2n) is 43.6. The Labute approximate surface area is 897 Å². The van der Waals surface area contributed by atoms with Crippen molar-refractivity contribution in [2.24, 2.45) is 0 Å². The third-order valence-electron chi connectivity index (χ3n) is 30.1. The number of ether oxygens (including phenoxy) is 8. The zero-order valence-electron chi connectivity index (χ0n) is 95.9. The molecule has 0 N–H and O–H groups in total. The molecule has 0 aliphatic carbocycles. The van der Waals surface area contributed by atoms with Gasteiger partial charge in [-0.2, -0.15) is 0 Å². The summed E-state index contributed by atoms with van der Waals surface area (Å²) in [5.41, 5.74) is 7.90. The van der Waals surface area contributed by atoms with E-state index in [-0.39, 0.29) is 0 Å². The fourth-order valence-corrected chi connectivity index (χ4v) is 20.5. The van der Waals surface area contributed by atoms with Crippen molar-refractivity contribution < 1.29 is 46.7 Å². The Hall–Kier alpha value is -7.20. The second-order valence-corrected chi connectivity index (χ2v) is 43.6. The Balaban J connectivity index is 1.32. The van der Waals surface area contributed by atoms with E-state index >= 15 is 0 Å². The predicted octanol–water partition coefficient (Wildman–Crippen LogP) is 45.8. The molecule has 7 rings (SSSR count). The van der Waals surface area contributed by atoms with Crippen LogP contribution in [-0.2, 0) is 0 Å². The molecule has 5 aromatic carbocycles. The van der Waals surface area contributed by atoms with Gasteiger partial charge in [0.2, 0.25) is 0 Å². The number of benzene rings is 5. The second kappa shape index (κ2) is 88.4. The maximum atomic E-state index is 7.39. The highest BCUT2D eigenvalue weighted by Gasteiger charge is 2.28. The van der Waals surface area contributed by atoms with E-state index in [4.69, 9.17) is 46.7 Å². The summed E-state index contributed by atoms with van der Waals surface area (Å²) >= 11 is 0. The van der Waals surface area contributed by atoms with Crippen LogP contribution in [0.5, 0.6) is 46.0 Å². The summed E-state index contributed by atoms with van der Waals surface area (Å²) < 4.78 is 69.7. The van der Waals surface area contributed by atoms with Gasteiger partial charge in [0.05, 0.1) is 99.4 Å². The normalized spacial score (nSPS) is 11.5. The molecule has 822 valence electrons. The Kier molecular flexibility index (Phi) is 76.1. The van der Waals surface area contributed by atoms with Gasteiger partial charge in [-0.15, -0.1) is 0 Å². The SMILES string of the molecule is CCCCCCCCCCCCOc1ccc(-c2cc(-c3ccc(-c4cc(-c5ccc(OCCCCCCCCCCCC)c(OCCCCCCCCCCCC)c5)[o+]c(-c5ccc(OCCCCCCCCCCCC)c(OCCCCCCCCCCCC)c5)c4)cc3)cc(-c3ccc(OCCCCCCCCCCCC)c(OCCCCCCCCCCCC)c3)[o+]2)cc1OCCCCCCCCCCCC. The monoisotopic (exact) mass is 2010 g/mol. The van der Waals surface area contributed by atoms with E-state index in [0.29, 0.717) is 52.9 Å². The molecule has 0 atom stereocenters. The maximum absolute atomic E-state index is 7.39. The lowest BCUT2D eigenvalue weighted by Gasteiger charge is -2.14. The van der Waals surface area contributed by atoms with E-state index in [1.54, 1.807) is 0 Å². The number of hydrogen-bond donors (Lipinski definition) is 0. The number of unbranched alkanes of at least 4 members (excludes halogenated alkanes) is 72. The Bertz CT molecular complexity index is 3700. The topological polar surface area (TPSA) is 96.4 Å². The van der Waals surface area contributed by atoms with Crippen molar-refractivity contribution in [1.82, 2.24) is 0 Å². The minimum Gasteiger partial charge on any atom is -0.490 e. The average molecular weight is 2020 g/mol. The molecule has 0 saturated carbocycles. The standard InChI is InChI=1S/C136H220O10/c1-9-17-25-33-41-49-57-65-73-81-101-137-125-97-93-119(109-133(125)141-105-85-77-69-61-53-45-37-29-21-13-5)129-113-123(114-130(145-129)120-94-98-126(138-102-82-74-66-58-50-42-34-26-18-10-2)134(110-120)142-106-86-78-70-62-54-46-38-30-22-14-6)117-89-91-118(92-90-117)124-115-131(121-95-99-127(139-103-83-75-67-59-51-43-35-27-19-11-3)135(111-121)143-107-87-79-71-63-55-47-39-31-23-15-7)146-132(116-124)122-96-100-128(140-104-84-76-68-60-52-44-36-28-20-12-4)136(112-122)144-108-88-80-72-64-56-48-40-32-24-16-8/h89-100,109-116H,9-88,101-108H2,1-8H3/q+2. The average Bonchev–Trinajstić information content (AvgIpc) is 0.783. The van der Waals surface area contributed by atoms with E-state index in [9.17, 15) is 0 Å². The maximum Gasteiger partial charge on any atom is 0.361 e. The smallest absolute Gasteiger partial charge is 0.361 e. The van der Waals surface area contributed by atoms with Crippen LogP contribution in [0.4, 0.5) is 0 Å². The van der Waals surface area contributed by atoms with E-state index in [1.165, 1.54) is 437 Å². The van der Waals surface area contributed by atoms with Gasteiger partial charge in [-0.05, 0) is 111 Å². The molecule has 0 aliphatic heterocycles. The third-order valence-corrected chi connectivity index (χ3v) is 30.1. The largest absolute Gasteiger partial charge is 0.490 e. The van der Waals surface area contributed by atoms with Crippen LogP contribution < -0.4 is 37.9 Å². The molecule has 0 radical (unpaired) electrons. The van der Waals surface area contributed by atoms with Gasteiger partial charge >= 0.3 is 23.0 Å². The number of rotatable bonds is 102.